The van der Waals surface area contributed by atoms with Gasteiger partial charge >= 0.3 is 0 Å². The van der Waals surface area contributed by atoms with Crippen LogP contribution in [0.4, 0.5) is 4.39 Å². The molecule has 1 unspecified atom stereocenters. The van der Waals surface area contributed by atoms with Crippen molar-refractivity contribution in [1.29, 1.82) is 0 Å². The summed E-state index contributed by atoms with van der Waals surface area (Å²) in [5, 5.41) is 0. The van der Waals surface area contributed by atoms with Crippen molar-refractivity contribution in [2.24, 2.45) is 11.7 Å². The molecular weight excluding hydrogens is 335 g/mol. The number of aromatic nitrogens is 2. The molecule has 3 rings (SSSR count). The molecule has 0 radical (unpaired) electrons. The Morgan fingerprint density at radius 1 is 1.27 bits per heavy atom. The quantitative estimate of drug-likeness (QED) is 0.909. The van der Waals surface area contributed by atoms with Gasteiger partial charge in [0.25, 0.3) is 5.91 Å². The third-order valence-corrected chi connectivity index (χ3v) is 4.98. The van der Waals surface area contributed by atoms with Crippen LogP contribution in [-0.2, 0) is 4.79 Å². The molecule has 1 aliphatic heterocycles. The summed E-state index contributed by atoms with van der Waals surface area (Å²) in [6.45, 7) is 4.78. The zero-order chi connectivity index (χ0) is 18.8. The monoisotopic (exact) mass is 358 g/mol. The van der Waals surface area contributed by atoms with Gasteiger partial charge in [0, 0.05) is 25.6 Å². The number of nitrogens with two attached hydrogens (primary N) is 1. The van der Waals surface area contributed by atoms with E-state index in [-0.39, 0.29) is 23.3 Å². The predicted octanol–water partition coefficient (Wildman–Crippen LogP) is 2.50. The molecule has 0 aliphatic carbocycles. The van der Waals surface area contributed by atoms with Gasteiger partial charge in [-0.15, -0.1) is 0 Å². The summed E-state index contributed by atoms with van der Waals surface area (Å²) in [4.78, 5) is 34.6. The molecule has 1 aromatic carbocycles. The minimum Gasteiger partial charge on any atom is -0.370 e. The molecule has 0 spiro atoms. The number of hydrogen-bond donors (Lipinski definition) is 1. The Kier molecular flexibility index (Phi) is 5.15. The lowest BCUT2D eigenvalue weighted by Gasteiger charge is -2.33. The van der Waals surface area contributed by atoms with Crippen LogP contribution in [0.3, 0.4) is 0 Å². The highest BCUT2D eigenvalue weighted by Crippen LogP contribution is 2.25. The number of aryl methyl sites for hydroxylation is 2. The highest BCUT2D eigenvalue weighted by molar-refractivity contribution is 6.04. The van der Waals surface area contributed by atoms with Gasteiger partial charge in [-0.1, -0.05) is 0 Å². The maximum atomic E-state index is 14.1. The van der Waals surface area contributed by atoms with Crippen LogP contribution in [0, 0.1) is 25.6 Å². The van der Waals surface area contributed by atoms with E-state index in [1.54, 1.807) is 4.90 Å². The number of carbonyl (C=O) groups excluding carboxylic acids is 2. The van der Waals surface area contributed by atoms with Gasteiger partial charge in [-0.05, 0) is 45.1 Å². The van der Waals surface area contributed by atoms with E-state index in [4.69, 9.17) is 5.73 Å². The Balaban J connectivity index is 1.89. The first-order chi connectivity index (χ1) is 12.3. The highest BCUT2D eigenvalue weighted by atomic mass is 19.1. The summed E-state index contributed by atoms with van der Waals surface area (Å²) in [5.74, 6) is -0.836. The second-order valence-corrected chi connectivity index (χ2v) is 6.98. The van der Waals surface area contributed by atoms with Crippen molar-refractivity contribution in [1.82, 2.24) is 14.9 Å². The molecular formula is C19H23FN4O2. The maximum absolute atomic E-state index is 14.1. The van der Waals surface area contributed by atoms with Crippen LogP contribution in [0.5, 0.6) is 0 Å². The number of primary amides is 1. The number of rotatable bonds is 4. The number of amides is 2. The highest BCUT2D eigenvalue weighted by Gasteiger charge is 2.27. The molecule has 1 saturated heterocycles. The van der Waals surface area contributed by atoms with Crippen LogP contribution in [0.15, 0.2) is 12.1 Å². The molecule has 1 atom stereocenters. The van der Waals surface area contributed by atoms with E-state index in [2.05, 4.69) is 9.97 Å². The summed E-state index contributed by atoms with van der Waals surface area (Å²) in [5.41, 5.74) is 7.72. The number of fused-ring (bicyclic) bond motifs is 1. The molecule has 7 heteroatoms. The zero-order valence-corrected chi connectivity index (χ0v) is 15.1. The van der Waals surface area contributed by atoms with E-state index in [1.165, 1.54) is 12.1 Å². The number of nitrogens with zero attached hydrogens (tertiary/aromatic N) is 3. The molecule has 1 aromatic heterocycles. The molecule has 2 aromatic rings. The first kappa shape index (κ1) is 18.2. The lowest BCUT2D eigenvalue weighted by Crippen LogP contribution is -2.40. The van der Waals surface area contributed by atoms with Gasteiger partial charge in [-0.3, -0.25) is 9.59 Å². The molecule has 0 saturated carbocycles. The van der Waals surface area contributed by atoms with Crippen LogP contribution in [0.2, 0.25) is 0 Å². The van der Waals surface area contributed by atoms with Gasteiger partial charge in [0.1, 0.15) is 11.3 Å². The Morgan fingerprint density at radius 2 is 2.00 bits per heavy atom. The van der Waals surface area contributed by atoms with Crippen LogP contribution in [0.1, 0.15) is 47.4 Å². The van der Waals surface area contributed by atoms with Crippen molar-refractivity contribution in [2.75, 3.05) is 13.1 Å². The number of hydrogen-bond acceptors (Lipinski definition) is 4. The molecule has 138 valence electrons. The number of benzene rings is 1. The second kappa shape index (κ2) is 7.35. The lowest BCUT2D eigenvalue weighted by atomic mass is 9.92. The zero-order valence-electron chi connectivity index (χ0n) is 15.1. The largest absolute Gasteiger partial charge is 0.370 e. The number of carbonyl (C=O) groups is 2. The van der Waals surface area contributed by atoms with Crippen molar-refractivity contribution < 1.29 is 14.0 Å². The Hall–Kier alpha value is -2.57. The molecule has 26 heavy (non-hydrogen) atoms. The van der Waals surface area contributed by atoms with Crippen LogP contribution in [0.25, 0.3) is 11.0 Å². The predicted molar refractivity (Wildman–Crippen MR) is 96.0 cm³/mol. The number of halogens is 1. The summed E-state index contributed by atoms with van der Waals surface area (Å²) in [6, 6.07) is 2.54. The van der Waals surface area contributed by atoms with Crippen molar-refractivity contribution in [3.8, 4) is 0 Å². The summed E-state index contributed by atoms with van der Waals surface area (Å²) >= 11 is 0. The van der Waals surface area contributed by atoms with Crippen molar-refractivity contribution in [3.63, 3.8) is 0 Å². The first-order valence-electron chi connectivity index (χ1n) is 8.87. The molecule has 6 nitrogen and oxygen atoms in total. The fourth-order valence-corrected chi connectivity index (χ4v) is 3.46. The van der Waals surface area contributed by atoms with Gasteiger partial charge in [0.05, 0.1) is 22.5 Å². The Morgan fingerprint density at radius 3 is 2.73 bits per heavy atom. The first-order valence-corrected chi connectivity index (χ1v) is 8.87. The van der Waals surface area contributed by atoms with E-state index < -0.39 is 5.82 Å². The van der Waals surface area contributed by atoms with Gasteiger partial charge in [0.15, 0.2) is 0 Å². The molecule has 1 fully saturated rings. The van der Waals surface area contributed by atoms with E-state index in [0.29, 0.717) is 42.7 Å². The Labute approximate surface area is 151 Å². The number of likely N-dealkylation sites (tertiary alicyclic amines) is 1. The van der Waals surface area contributed by atoms with Crippen molar-refractivity contribution in [3.05, 3.63) is 34.9 Å². The topological polar surface area (TPSA) is 89.2 Å². The van der Waals surface area contributed by atoms with Gasteiger partial charge < -0.3 is 10.6 Å². The fourth-order valence-electron chi connectivity index (χ4n) is 3.46. The Bertz CT molecular complexity index is 868. The van der Waals surface area contributed by atoms with Gasteiger partial charge in [0.2, 0.25) is 5.91 Å². The standard InChI is InChI=1S/C19H23FN4O2/c1-11-12(2)23-18-15(8-14(20)9-16(18)22-11)19(26)24-7-3-4-13(10-24)5-6-17(21)25/h8-9,13H,3-7,10H2,1-2H3,(H2,21,25). The van der Waals surface area contributed by atoms with E-state index in [9.17, 15) is 14.0 Å². The van der Waals surface area contributed by atoms with Crippen molar-refractivity contribution in [2.45, 2.75) is 39.5 Å². The molecule has 1 aliphatic rings. The van der Waals surface area contributed by atoms with E-state index >= 15 is 0 Å². The van der Waals surface area contributed by atoms with Gasteiger partial charge in [-0.2, -0.15) is 0 Å². The average molecular weight is 358 g/mol. The molecule has 0 bridgehead atoms. The average Bonchev–Trinajstić information content (AvgIpc) is 2.60. The summed E-state index contributed by atoms with van der Waals surface area (Å²) in [6.07, 6.45) is 2.80. The minimum absolute atomic E-state index is 0.232. The fraction of sp³-hybridized carbons (Fsp3) is 0.474. The normalized spacial score (nSPS) is 17.5. The van der Waals surface area contributed by atoms with Crippen LogP contribution >= 0.6 is 0 Å². The smallest absolute Gasteiger partial charge is 0.256 e. The minimum atomic E-state index is -0.499. The SMILES string of the molecule is Cc1nc2cc(F)cc(C(=O)N3CCCC(CCC(N)=O)C3)c2nc1C. The second-order valence-electron chi connectivity index (χ2n) is 6.98. The summed E-state index contributed by atoms with van der Waals surface area (Å²) in [7, 11) is 0. The van der Waals surface area contributed by atoms with Gasteiger partial charge in [-0.25, -0.2) is 14.4 Å². The third-order valence-electron chi connectivity index (χ3n) is 4.98. The van der Waals surface area contributed by atoms with Crippen molar-refractivity contribution >= 4 is 22.8 Å². The maximum Gasteiger partial charge on any atom is 0.256 e. The van der Waals surface area contributed by atoms with Crippen LogP contribution in [-0.4, -0.2) is 39.8 Å². The van der Waals surface area contributed by atoms with Crippen LogP contribution < -0.4 is 5.73 Å². The molecule has 2 heterocycles. The lowest BCUT2D eigenvalue weighted by molar-refractivity contribution is -0.118. The third kappa shape index (κ3) is 3.81. The van der Waals surface area contributed by atoms with E-state index in [0.717, 1.165) is 18.5 Å². The molecule has 2 N–H and O–H groups in total. The molecule has 2 amide bonds. The number of piperidine rings is 1. The van der Waals surface area contributed by atoms with E-state index in [1.807, 2.05) is 13.8 Å². The summed E-state index contributed by atoms with van der Waals surface area (Å²) < 4.78 is 14.1.